The molecule has 1 N–H and O–H groups in total. The summed E-state index contributed by atoms with van der Waals surface area (Å²) in [7, 11) is 0. The normalized spacial score (nSPS) is 17.0. The first-order valence-corrected chi connectivity index (χ1v) is 9.70. The van der Waals surface area contributed by atoms with Crippen molar-refractivity contribution in [3.05, 3.63) is 35.9 Å². The Bertz CT molecular complexity index is 669. The summed E-state index contributed by atoms with van der Waals surface area (Å²) in [6.45, 7) is 6.81. The molecule has 28 heavy (non-hydrogen) atoms. The van der Waals surface area contributed by atoms with Gasteiger partial charge in [0.1, 0.15) is 12.2 Å². The van der Waals surface area contributed by atoms with E-state index in [0.717, 1.165) is 12.0 Å². The van der Waals surface area contributed by atoms with E-state index in [0.29, 0.717) is 19.5 Å². The molecule has 2 amide bonds. The zero-order chi connectivity index (χ0) is 20.6. The first-order chi connectivity index (χ1) is 13.2. The molecule has 1 unspecified atom stereocenters. The minimum Gasteiger partial charge on any atom is -0.461 e. The van der Waals surface area contributed by atoms with Gasteiger partial charge in [0.25, 0.3) is 0 Å². The third-order valence-corrected chi connectivity index (χ3v) is 4.31. The summed E-state index contributed by atoms with van der Waals surface area (Å²) in [5, 5.41) is 2.77. The number of carbonyl (C=O) groups excluding carboxylic acids is 3. The minimum absolute atomic E-state index is 0.112. The van der Waals surface area contributed by atoms with Crippen molar-refractivity contribution >= 4 is 18.0 Å². The van der Waals surface area contributed by atoms with Gasteiger partial charge in [0.15, 0.2) is 0 Å². The molecule has 1 aromatic rings. The maximum Gasteiger partial charge on any atom is 0.410 e. The molecule has 0 aliphatic carbocycles. The number of hydrogen-bond acceptors (Lipinski definition) is 5. The van der Waals surface area contributed by atoms with Crippen molar-refractivity contribution in [2.24, 2.45) is 5.92 Å². The highest BCUT2D eigenvalue weighted by Gasteiger charge is 2.30. The average Bonchev–Trinajstić information content (AvgIpc) is 2.66. The van der Waals surface area contributed by atoms with Crippen LogP contribution in [-0.4, -0.2) is 48.1 Å². The molecular weight excluding hydrogens is 360 g/mol. The molecule has 0 aromatic heterocycles. The van der Waals surface area contributed by atoms with E-state index in [9.17, 15) is 14.4 Å². The third kappa shape index (κ3) is 7.58. The van der Waals surface area contributed by atoms with E-state index in [1.54, 1.807) is 4.90 Å². The number of esters is 1. The average molecular weight is 390 g/mol. The van der Waals surface area contributed by atoms with Crippen LogP contribution < -0.4 is 5.32 Å². The lowest BCUT2D eigenvalue weighted by Gasteiger charge is -2.33. The number of amides is 2. The maximum absolute atomic E-state index is 12.4. The van der Waals surface area contributed by atoms with Gasteiger partial charge in [0.2, 0.25) is 5.91 Å². The van der Waals surface area contributed by atoms with Crippen molar-refractivity contribution in [2.45, 2.75) is 52.2 Å². The Labute approximate surface area is 166 Å². The summed E-state index contributed by atoms with van der Waals surface area (Å²) in [5.41, 5.74) is 0.358. The molecule has 7 heteroatoms. The Hall–Kier alpha value is -2.57. The molecule has 0 bridgehead atoms. The number of likely N-dealkylation sites (tertiary alicyclic amines) is 1. The number of rotatable bonds is 6. The van der Waals surface area contributed by atoms with Gasteiger partial charge in [-0.05, 0) is 39.2 Å². The molecule has 0 radical (unpaired) electrons. The Kier molecular flexibility index (Phi) is 7.84. The summed E-state index contributed by atoms with van der Waals surface area (Å²) in [5.74, 6) is -0.797. The Morgan fingerprint density at radius 2 is 1.89 bits per heavy atom. The van der Waals surface area contributed by atoms with E-state index in [1.165, 1.54) is 0 Å². The summed E-state index contributed by atoms with van der Waals surface area (Å²) in [4.78, 5) is 37.9. The van der Waals surface area contributed by atoms with Crippen molar-refractivity contribution < 1.29 is 23.9 Å². The molecule has 1 atom stereocenters. The number of piperidine rings is 1. The number of ether oxygens (including phenoxy) is 2. The fourth-order valence-corrected chi connectivity index (χ4v) is 2.93. The zero-order valence-electron chi connectivity index (χ0n) is 16.9. The molecule has 1 heterocycles. The largest absolute Gasteiger partial charge is 0.461 e. The van der Waals surface area contributed by atoms with Gasteiger partial charge in [-0.3, -0.25) is 9.59 Å². The van der Waals surface area contributed by atoms with Crippen LogP contribution in [0.5, 0.6) is 0 Å². The predicted octanol–water partition coefficient (Wildman–Crippen LogP) is 2.88. The highest BCUT2D eigenvalue weighted by Crippen LogP contribution is 2.19. The van der Waals surface area contributed by atoms with E-state index in [-0.39, 0.29) is 37.4 Å². The molecule has 1 aliphatic heterocycles. The molecule has 0 saturated carbocycles. The lowest BCUT2D eigenvalue weighted by atomic mass is 9.97. The molecule has 7 nitrogen and oxygen atoms in total. The van der Waals surface area contributed by atoms with Crippen LogP contribution in [-0.2, 0) is 25.7 Å². The molecule has 2 rings (SSSR count). The van der Waals surface area contributed by atoms with Crippen molar-refractivity contribution in [2.75, 3.05) is 19.6 Å². The van der Waals surface area contributed by atoms with Gasteiger partial charge in [-0.1, -0.05) is 30.3 Å². The standard InChI is InChI=1S/C21H30N2O5/c1-21(2,3)28-20(26)23-13-7-10-17(14-23)19(25)22-12-11-18(24)27-15-16-8-5-4-6-9-16/h4-6,8-9,17H,7,10-15H2,1-3H3,(H,22,25). The Morgan fingerprint density at radius 3 is 2.57 bits per heavy atom. The molecule has 1 aliphatic rings. The highest BCUT2D eigenvalue weighted by molar-refractivity contribution is 5.80. The fraction of sp³-hybridized carbons (Fsp3) is 0.571. The van der Waals surface area contributed by atoms with Crippen LogP contribution in [0.3, 0.4) is 0 Å². The number of hydrogen-bond donors (Lipinski definition) is 1. The highest BCUT2D eigenvalue weighted by atomic mass is 16.6. The van der Waals surface area contributed by atoms with E-state index < -0.39 is 11.7 Å². The quantitative estimate of drug-likeness (QED) is 0.755. The number of benzene rings is 1. The summed E-state index contributed by atoms with van der Waals surface area (Å²) >= 11 is 0. The van der Waals surface area contributed by atoms with Crippen LogP contribution in [0.15, 0.2) is 30.3 Å². The van der Waals surface area contributed by atoms with Gasteiger partial charge in [-0.15, -0.1) is 0 Å². The zero-order valence-corrected chi connectivity index (χ0v) is 16.9. The van der Waals surface area contributed by atoms with E-state index in [1.807, 2.05) is 51.1 Å². The summed E-state index contributed by atoms with van der Waals surface area (Å²) < 4.78 is 10.6. The second kappa shape index (κ2) is 10.1. The van der Waals surface area contributed by atoms with Crippen LogP contribution in [0.4, 0.5) is 4.79 Å². The molecule has 1 fully saturated rings. The maximum atomic E-state index is 12.4. The first kappa shape index (κ1) is 21.7. The van der Waals surface area contributed by atoms with Crippen LogP contribution >= 0.6 is 0 Å². The summed E-state index contributed by atoms with van der Waals surface area (Å²) in [6.07, 6.45) is 1.18. The number of nitrogens with zero attached hydrogens (tertiary/aromatic N) is 1. The van der Waals surface area contributed by atoms with Crippen LogP contribution in [0.1, 0.15) is 45.6 Å². The van der Waals surface area contributed by atoms with E-state index in [2.05, 4.69) is 5.32 Å². The predicted molar refractivity (Wildman–Crippen MR) is 104 cm³/mol. The Morgan fingerprint density at radius 1 is 1.18 bits per heavy atom. The number of carbonyl (C=O) groups is 3. The van der Waals surface area contributed by atoms with Crippen LogP contribution in [0.2, 0.25) is 0 Å². The molecule has 154 valence electrons. The lowest BCUT2D eigenvalue weighted by Crippen LogP contribution is -2.47. The second-order valence-electron chi connectivity index (χ2n) is 7.95. The monoisotopic (exact) mass is 390 g/mol. The summed E-state index contributed by atoms with van der Waals surface area (Å²) in [6, 6.07) is 9.43. The fourth-order valence-electron chi connectivity index (χ4n) is 2.93. The molecular formula is C21H30N2O5. The van der Waals surface area contributed by atoms with Gasteiger partial charge in [0.05, 0.1) is 12.3 Å². The van der Waals surface area contributed by atoms with Crippen LogP contribution in [0.25, 0.3) is 0 Å². The van der Waals surface area contributed by atoms with E-state index >= 15 is 0 Å². The minimum atomic E-state index is -0.563. The molecule has 1 saturated heterocycles. The molecule has 0 spiro atoms. The van der Waals surface area contributed by atoms with Crippen LogP contribution in [0, 0.1) is 5.92 Å². The van der Waals surface area contributed by atoms with Crippen molar-refractivity contribution in [1.29, 1.82) is 0 Å². The van der Waals surface area contributed by atoms with Gasteiger partial charge >= 0.3 is 12.1 Å². The van der Waals surface area contributed by atoms with Crippen molar-refractivity contribution in [3.8, 4) is 0 Å². The number of nitrogens with one attached hydrogen (secondary N) is 1. The smallest absolute Gasteiger partial charge is 0.410 e. The Balaban J connectivity index is 1.69. The molecule has 1 aromatic carbocycles. The second-order valence-corrected chi connectivity index (χ2v) is 7.95. The topological polar surface area (TPSA) is 84.9 Å². The lowest BCUT2D eigenvalue weighted by molar-refractivity contribution is -0.144. The van der Waals surface area contributed by atoms with E-state index in [4.69, 9.17) is 9.47 Å². The van der Waals surface area contributed by atoms with Gasteiger partial charge in [-0.25, -0.2) is 4.79 Å². The SMILES string of the molecule is CC(C)(C)OC(=O)N1CCCC(C(=O)NCCC(=O)OCc2ccccc2)C1. The van der Waals surface area contributed by atoms with Gasteiger partial charge in [0, 0.05) is 19.6 Å². The third-order valence-electron chi connectivity index (χ3n) is 4.31. The first-order valence-electron chi connectivity index (χ1n) is 9.70. The van der Waals surface area contributed by atoms with Crippen molar-refractivity contribution in [1.82, 2.24) is 10.2 Å². The van der Waals surface area contributed by atoms with Crippen molar-refractivity contribution in [3.63, 3.8) is 0 Å². The van der Waals surface area contributed by atoms with Gasteiger partial charge < -0.3 is 19.7 Å². The van der Waals surface area contributed by atoms with Gasteiger partial charge in [-0.2, -0.15) is 0 Å².